The van der Waals surface area contributed by atoms with Crippen molar-refractivity contribution in [3.63, 3.8) is 0 Å². The van der Waals surface area contributed by atoms with Gasteiger partial charge < -0.3 is 9.47 Å². The molecule has 0 aliphatic carbocycles. The molecule has 0 amide bonds. The van der Waals surface area contributed by atoms with Crippen LogP contribution in [0.2, 0.25) is 5.02 Å². The van der Waals surface area contributed by atoms with Crippen LogP contribution in [0.15, 0.2) is 84.9 Å². The molecule has 41 heavy (non-hydrogen) atoms. The van der Waals surface area contributed by atoms with E-state index in [4.69, 9.17) is 26.3 Å². The highest BCUT2D eigenvalue weighted by molar-refractivity contribution is 6.33. The number of benzene rings is 4. The van der Waals surface area contributed by atoms with Crippen LogP contribution in [-0.2, 0) is 6.42 Å². The van der Waals surface area contributed by atoms with Crippen LogP contribution in [0.5, 0.6) is 11.5 Å². The molecule has 0 bridgehead atoms. The van der Waals surface area contributed by atoms with Crippen LogP contribution in [-0.4, -0.2) is 11.9 Å². The third kappa shape index (κ3) is 8.06. The summed E-state index contributed by atoms with van der Waals surface area (Å²) in [5.74, 6) is -0.683. The lowest BCUT2D eigenvalue weighted by molar-refractivity contribution is 0.0730. The summed E-state index contributed by atoms with van der Waals surface area (Å²) in [6.45, 7) is 3.99. The number of nitrogens with zero attached hydrogens (tertiary/aromatic N) is 1. The van der Waals surface area contributed by atoms with E-state index >= 15 is 0 Å². The van der Waals surface area contributed by atoms with Crippen molar-refractivity contribution in [1.82, 2.24) is 0 Å². The van der Waals surface area contributed by atoms with Gasteiger partial charge in [-0.2, -0.15) is 5.26 Å². The number of esters is 2. The fourth-order valence-electron chi connectivity index (χ4n) is 4.47. The van der Waals surface area contributed by atoms with Gasteiger partial charge in [0.25, 0.3) is 0 Å². The first-order valence-electron chi connectivity index (χ1n) is 13.8. The van der Waals surface area contributed by atoms with E-state index in [1.165, 1.54) is 55.9 Å². The molecule has 0 saturated heterocycles. The average Bonchev–Trinajstić information content (AvgIpc) is 2.97. The zero-order valence-corrected chi connectivity index (χ0v) is 24.0. The lowest BCUT2D eigenvalue weighted by atomic mass is 10.00. The van der Waals surface area contributed by atoms with Crippen molar-refractivity contribution in [1.29, 1.82) is 5.26 Å². The minimum absolute atomic E-state index is 0.0884. The first kappa shape index (κ1) is 29.6. The van der Waals surface area contributed by atoms with Crippen LogP contribution in [0.4, 0.5) is 0 Å². The zero-order valence-electron chi connectivity index (χ0n) is 23.3. The van der Waals surface area contributed by atoms with E-state index < -0.39 is 11.9 Å². The molecule has 0 aromatic heterocycles. The Labute approximate surface area is 246 Å². The smallest absolute Gasteiger partial charge is 0.345 e. The summed E-state index contributed by atoms with van der Waals surface area (Å²) in [6.07, 6.45) is 7.45. The Kier molecular flexibility index (Phi) is 10.3. The van der Waals surface area contributed by atoms with Gasteiger partial charge in [-0.3, -0.25) is 0 Å². The Hall–Kier alpha value is -4.40. The molecule has 0 spiro atoms. The molecule has 0 aliphatic rings. The lowest BCUT2D eigenvalue weighted by Crippen LogP contribution is -2.11. The molecule has 0 fully saturated rings. The van der Waals surface area contributed by atoms with Crippen LogP contribution < -0.4 is 9.47 Å². The number of ether oxygens (including phenoxy) is 2. The first-order valence-corrected chi connectivity index (χ1v) is 14.2. The van der Waals surface area contributed by atoms with E-state index in [0.717, 1.165) is 17.5 Å². The van der Waals surface area contributed by atoms with Gasteiger partial charge in [-0.05, 0) is 84.5 Å². The number of hydrogen-bond acceptors (Lipinski definition) is 5. The highest BCUT2D eigenvalue weighted by Gasteiger charge is 2.16. The van der Waals surface area contributed by atoms with Gasteiger partial charge in [0.1, 0.15) is 11.5 Å². The molecule has 0 N–H and O–H groups in total. The van der Waals surface area contributed by atoms with Crippen molar-refractivity contribution < 1.29 is 19.1 Å². The molecule has 4 rings (SSSR count). The number of nitriles is 1. The molecule has 0 atom stereocenters. The van der Waals surface area contributed by atoms with Crippen LogP contribution in [0.1, 0.15) is 76.4 Å². The van der Waals surface area contributed by atoms with Crippen molar-refractivity contribution in [2.45, 2.75) is 52.4 Å². The summed E-state index contributed by atoms with van der Waals surface area (Å²) < 4.78 is 10.9. The largest absolute Gasteiger partial charge is 0.423 e. The van der Waals surface area contributed by atoms with Crippen LogP contribution in [0.25, 0.3) is 11.1 Å². The number of unbranched alkanes of at least 4 members (excludes halogenated alkanes) is 4. The van der Waals surface area contributed by atoms with Gasteiger partial charge in [-0.1, -0.05) is 80.6 Å². The molecule has 0 unspecified atom stereocenters. The summed E-state index contributed by atoms with van der Waals surface area (Å²) in [4.78, 5) is 25.4. The predicted molar refractivity (Wildman–Crippen MR) is 162 cm³/mol. The molecule has 4 aromatic carbocycles. The van der Waals surface area contributed by atoms with Crippen LogP contribution in [0, 0.1) is 18.3 Å². The Balaban J connectivity index is 1.34. The minimum atomic E-state index is -0.660. The number of hydrogen-bond donors (Lipinski definition) is 0. The van der Waals surface area contributed by atoms with E-state index in [1.807, 2.05) is 12.1 Å². The van der Waals surface area contributed by atoms with E-state index in [0.29, 0.717) is 22.4 Å². The van der Waals surface area contributed by atoms with Crippen LogP contribution in [0.3, 0.4) is 0 Å². The van der Waals surface area contributed by atoms with Crippen molar-refractivity contribution >= 4 is 23.5 Å². The second kappa shape index (κ2) is 14.3. The molecule has 0 heterocycles. The number of carbonyl (C=O) groups excluding carboxylic acids is 2. The van der Waals surface area contributed by atoms with Crippen molar-refractivity contribution in [2.24, 2.45) is 0 Å². The summed E-state index contributed by atoms with van der Waals surface area (Å²) in [7, 11) is 0. The maximum Gasteiger partial charge on any atom is 0.345 e. The van der Waals surface area contributed by atoms with Gasteiger partial charge in [0.15, 0.2) is 0 Å². The Morgan fingerprint density at radius 2 is 1.37 bits per heavy atom. The second-order valence-electron chi connectivity index (χ2n) is 9.95. The monoisotopic (exact) mass is 565 g/mol. The molecular weight excluding hydrogens is 534 g/mol. The zero-order chi connectivity index (χ0) is 29.2. The number of aryl methyl sites for hydroxylation is 2. The fraction of sp³-hybridized carbons (Fsp3) is 0.229. The maximum atomic E-state index is 12.7. The summed E-state index contributed by atoms with van der Waals surface area (Å²) in [5, 5.41) is 9.15. The van der Waals surface area contributed by atoms with Gasteiger partial charge in [0.05, 0.1) is 27.8 Å². The molecular formula is C35H32ClNO4. The average molecular weight is 566 g/mol. The van der Waals surface area contributed by atoms with Gasteiger partial charge in [0.2, 0.25) is 0 Å². The van der Waals surface area contributed by atoms with Crippen molar-refractivity contribution in [3.8, 4) is 28.7 Å². The summed E-state index contributed by atoms with van der Waals surface area (Å²) in [5.41, 5.74) is 5.16. The SMILES string of the molecule is CCCCCCCc1ccc(-c2ccc(C(=O)Oc3ccc(C(=O)Oc4ccc(C#N)c(C)c4)c(Cl)c3)cc2)cc1. The van der Waals surface area contributed by atoms with Crippen molar-refractivity contribution in [2.75, 3.05) is 0 Å². The molecule has 0 radical (unpaired) electrons. The number of carbonyl (C=O) groups is 2. The molecule has 4 aromatic rings. The van der Waals surface area contributed by atoms with Gasteiger partial charge in [-0.25, -0.2) is 9.59 Å². The normalized spacial score (nSPS) is 10.6. The van der Waals surface area contributed by atoms with Gasteiger partial charge in [0, 0.05) is 6.07 Å². The van der Waals surface area contributed by atoms with E-state index in [1.54, 1.807) is 37.3 Å². The highest BCUT2D eigenvalue weighted by atomic mass is 35.5. The number of halogens is 1. The first-order chi connectivity index (χ1) is 19.9. The topological polar surface area (TPSA) is 76.4 Å². The quantitative estimate of drug-likeness (QED) is 0.103. The Bertz CT molecular complexity index is 1550. The van der Waals surface area contributed by atoms with E-state index in [2.05, 4.69) is 37.3 Å². The highest BCUT2D eigenvalue weighted by Crippen LogP contribution is 2.26. The summed E-state index contributed by atoms with van der Waals surface area (Å²) in [6, 6.07) is 27.0. The molecule has 0 saturated carbocycles. The minimum Gasteiger partial charge on any atom is -0.423 e. The van der Waals surface area contributed by atoms with Gasteiger partial charge >= 0.3 is 11.9 Å². The molecule has 208 valence electrons. The third-order valence-corrected chi connectivity index (χ3v) is 7.19. The second-order valence-corrected chi connectivity index (χ2v) is 10.4. The van der Waals surface area contributed by atoms with E-state index in [9.17, 15) is 9.59 Å². The standard InChI is InChI=1S/C35H32ClNO4/c1-3-4-5-6-7-8-25-9-11-26(12-10-25)27-13-15-28(16-14-27)34(38)40-31-19-20-32(33(36)22-31)35(39)41-30-18-17-29(23-37)24(2)21-30/h9-22H,3-8H2,1-2H3. The molecule has 5 nitrogen and oxygen atoms in total. The number of rotatable bonds is 11. The van der Waals surface area contributed by atoms with Crippen molar-refractivity contribution in [3.05, 3.63) is 118 Å². The fourth-order valence-corrected chi connectivity index (χ4v) is 4.72. The summed E-state index contributed by atoms with van der Waals surface area (Å²) >= 11 is 6.31. The molecule has 6 heteroatoms. The predicted octanol–water partition coefficient (Wildman–Crippen LogP) is 9.14. The van der Waals surface area contributed by atoms with Gasteiger partial charge in [-0.15, -0.1) is 0 Å². The lowest BCUT2D eigenvalue weighted by Gasteiger charge is -2.10. The molecule has 0 aliphatic heterocycles. The Morgan fingerprint density at radius 1 is 0.756 bits per heavy atom. The maximum absolute atomic E-state index is 12.7. The van der Waals surface area contributed by atoms with E-state index in [-0.39, 0.29) is 16.3 Å². The third-order valence-electron chi connectivity index (χ3n) is 6.88. The Morgan fingerprint density at radius 3 is 2.00 bits per heavy atom. The van der Waals surface area contributed by atoms with Crippen LogP contribution >= 0.6 is 11.6 Å².